The van der Waals surface area contributed by atoms with E-state index in [1.54, 1.807) is 13.2 Å². The number of aliphatic imine (C=N–C) groups is 1. The highest BCUT2D eigenvalue weighted by Gasteiger charge is 2.29. The molecule has 0 amide bonds. The number of nitrogens with zero attached hydrogens (tertiary/aromatic N) is 1. The van der Waals surface area contributed by atoms with Gasteiger partial charge in [0.1, 0.15) is 11.9 Å². The summed E-state index contributed by atoms with van der Waals surface area (Å²) in [4.78, 5) is 4.98. The van der Waals surface area contributed by atoms with Gasteiger partial charge in [0.05, 0.1) is 13.7 Å². The van der Waals surface area contributed by atoms with Crippen molar-refractivity contribution in [2.24, 2.45) is 4.99 Å². The number of halogens is 1. The summed E-state index contributed by atoms with van der Waals surface area (Å²) in [5.74, 6) is 1.39. The number of methoxy groups -OCH3 is 1. The van der Waals surface area contributed by atoms with E-state index in [1.165, 1.54) is 0 Å². The van der Waals surface area contributed by atoms with Crippen molar-refractivity contribution < 1.29 is 14.6 Å². The first-order valence-corrected chi connectivity index (χ1v) is 10.6. The minimum absolute atomic E-state index is 0.145. The lowest BCUT2D eigenvalue weighted by molar-refractivity contribution is 0.313. The van der Waals surface area contributed by atoms with Gasteiger partial charge in [0.15, 0.2) is 11.5 Å². The number of benzene rings is 3. The second kappa shape index (κ2) is 9.41. The Hall–Kier alpha value is -3.02. The van der Waals surface area contributed by atoms with Gasteiger partial charge in [0.2, 0.25) is 0 Å². The molecule has 3 aromatic carbocycles. The molecule has 5 nitrogen and oxygen atoms in total. The van der Waals surface area contributed by atoms with E-state index in [2.05, 4.69) is 5.32 Å². The van der Waals surface area contributed by atoms with E-state index < -0.39 is 0 Å². The van der Waals surface area contributed by atoms with Crippen molar-refractivity contribution in [3.8, 4) is 17.2 Å². The zero-order valence-corrected chi connectivity index (χ0v) is 18.3. The van der Waals surface area contributed by atoms with Crippen molar-refractivity contribution in [1.82, 2.24) is 5.32 Å². The van der Waals surface area contributed by atoms with E-state index in [0.717, 1.165) is 28.2 Å². The number of ether oxygens (including phenoxy) is 2. The van der Waals surface area contributed by atoms with Crippen LogP contribution in [0, 0.1) is 0 Å². The molecular formula is C25H25ClN2O3. The molecule has 160 valence electrons. The number of phenols is 1. The fourth-order valence-corrected chi connectivity index (χ4v) is 4.07. The van der Waals surface area contributed by atoms with Crippen molar-refractivity contribution in [3.63, 3.8) is 0 Å². The van der Waals surface area contributed by atoms with E-state index in [0.29, 0.717) is 23.8 Å². The van der Waals surface area contributed by atoms with E-state index >= 15 is 0 Å². The second-order valence-corrected chi connectivity index (χ2v) is 7.69. The summed E-state index contributed by atoms with van der Waals surface area (Å²) in [6, 6.07) is 20.9. The molecule has 3 aromatic rings. The first kappa shape index (κ1) is 21.2. The molecule has 31 heavy (non-hydrogen) atoms. The maximum atomic E-state index is 10.9. The number of hydrogen-bond donors (Lipinski definition) is 2. The third kappa shape index (κ3) is 4.53. The fraction of sp³-hybridized carbons (Fsp3) is 0.240. The van der Waals surface area contributed by atoms with Crippen LogP contribution in [-0.2, 0) is 0 Å². The van der Waals surface area contributed by atoms with Gasteiger partial charge in [-0.1, -0.05) is 54.1 Å². The summed E-state index contributed by atoms with van der Waals surface area (Å²) in [5.41, 5.74) is 3.53. The van der Waals surface area contributed by atoms with Crippen LogP contribution in [0.15, 0.2) is 71.7 Å². The first-order chi connectivity index (χ1) is 15.1. The van der Waals surface area contributed by atoms with Gasteiger partial charge in [-0.3, -0.25) is 10.3 Å². The second-order valence-electron chi connectivity index (χ2n) is 7.28. The SMILES string of the molecule is CCOc1cccc([C@@H]2CC(c3cccc(OC)c3)=N[C@H](c3ccccc3Cl)N2)c1O. The molecule has 0 spiro atoms. The van der Waals surface area contributed by atoms with Crippen LogP contribution in [0.5, 0.6) is 17.2 Å². The van der Waals surface area contributed by atoms with Gasteiger partial charge < -0.3 is 14.6 Å². The summed E-state index contributed by atoms with van der Waals surface area (Å²) in [5, 5.41) is 15.1. The first-order valence-electron chi connectivity index (χ1n) is 10.3. The zero-order chi connectivity index (χ0) is 21.8. The van der Waals surface area contributed by atoms with E-state index in [-0.39, 0.29) is 18.0 Å². The lowest BCUT2D eigenvalue weighted by Gasteiger charge is -2.31. The Balaban J connectivity index is 1.78. The molecule has 0 saturated heterocycles. The number of hydrogen-bond acceptors (Lipinski definition) is 5. The summed E-state index contributed by atoms with van der Waals surface area (Å²) < 4.78 is 11.0. The van der Waals surface area contributed by atoms with Gasteiger partial charge >= 0.3 is 0 Å². The molecule has 0 aromatic heterocycles. The van der Waals surface area contributed by atoms with E-state index in [4.69, 9.17) is 26.1 Å². The third-order valence-electron chi connectivity index (χ3n) is 5.35. The van der Waals surface area contributed by atoms with Crippen LogP contribution in [0.2, 0.25) is 5.02 Å². The van der Waals surface area contributed by atoms with Crippen LogP contribution in [0.25, 0.3) is 0 Å². The van der Waals surface area contributed by atoms with Crippen molar-refractivity contribution in [2.45, 2.75) is 25.6 Å². The molecule has 0 saturated carbocycles. The van der Waals surface area contributed by atoms with E-state index in [9.17, 15) is 5.11 Å². The van der Waals surface area contributed by atoms with Gasteiger partial charge in [-0.2, -0.15) is 0 Å². The molecule has 2 atom stereocenters. The maximum absolute atomic E-state index is 10.9. The molecular weight excluding hydrogens is 412 g/mol. The smallest absolute Gasteiger partial charge is 0.162 e. The van der Waals surface area contributed by atoms with Gasteiger partial charge in [-0.05, 0) is 36.8 Å². The van der Waals surface area contributed by atoms with Crippen molar-refractivity contribution in [1.29, 1.82) is 0 Å². The van der Waals surface area contributed by atoms with E-state index in [1.807, 2.05) is 67.6 Å². The monoisotopic (exact) mass is 436 g/mol. The lowest BCUT2D eigenvalue weighted by atomic mass is 9.93. The number of aromatic hydroxyl groups is 1. The summed E-state index contributed by atoms with van der Waals surface area (Å²) in [7, 11) is 1.65. The van der Waals surface area contributed by atoms with Crippen LogP contribution in [0.1, 0.15) is 42.2 Å². The van der Waals surface area contributed by atoms with Crippen LogP contribution >= 0.6 is 11.6 Å². The molecule has 1 aliphatic heterocycles. The Bertz CT molecular complexity index is 1100. The molecule has 2 N–H and O–H groups in total. The average molecular weight is 437 g/mol. The highest BCUT2D eigenvalue weighted by Crippen LogP contribution is 2.39. The molecule has 0 fully saturated rings. The number of phenolic OH excluding ortho intramolecular Hbond substituents is 1. The lowest BCUT2D eigenvalue weighted by Crippen LogP contribution is -2.33. The highest BCUT2D eigenvalue weighted by atomic mass is 35.5. The predicted molar refractivity (Wildman–Crippen MR) is 123 cm³/mol. The molecule has 0 aliphatic carbocycles. The molecule has 1 aliphatic rings. The Morgan fingerprint density at radius 3 is 2.61 bits per heavy atom. The predicted octanol–water partition coefficient (Wildman–Crippen LogP) is 5.68. The van der Waals surface area contributed by atoms with Crippen molar-refractivity contribution >= 4 is 17.3 Å². The van der Waals surface area contributed by atoms with Crippen LogP contribution in [0.3, 0.4) is 0 Å². The molecule has 4 rings (SSSR count). The van der Waals surface area contributed by atoms with Crippen LogP contribution in [0.4, 0.5) is 0 Å². The summed E-state index contributed by atoms with van der Waals surface area (Å²) >= 11 is 6.49. The highest BCUT2D eigenvalue weighted by molar-refractivity contribution is 6.31. The Labute approximate surface area is 187 Å². The van der Waals surface area contributed by atoms with Crippen molar-refractivity contribution in [2.75, 3.05) is 13.7 Å². The largest absolute Gasteiger partial charge is 0.504 e. The minimum Gasteiger partial charge on any atom is -0.504 e. The molecule has 1 heterocycles. The summed E-state index contributed by atoms with van der Waals surface area (Å²) in [6.07, 6.45) is 0.237. The van der Waals surface area contributed by atoms with Gasteiger partial charge in [-0.15, -0.1) is 0 Å². The molecule has 0 radical (unpaired) electrons. The van der Waals surface area contributed by atoms with Crippen molar-refractivity contribution in [3.05, 3.63) is 88.4 Å². The Morgan fingerprint density at radius 1 is 1.06 bits per heavy atom. The average Bonchev–Trinajstić information content (AvgIpc) is 2.80. The normalized spacial score (nSPS) is 18.4. The maximum Gasteiger partial charge on any atom is 0.162 e. The summed E-state index contributed by atoms with van der Waals surface area (Å²) in [6.45, 7) is 2.37. The Morgan fingerprint density at radius 2 is 1.84 bits per heavy atom. The standard InChI is InChI=1S/C25H25ClN2O3/c1-3-31-23-13-7-11-19(24(23)29)22-15-21(16-8-6-9-17(14-16)30-2)27-25(28-22)18-10-4-5-12-20(18)26/h4-14,22,25,28-29H,3,15H2,1-2H3/t22-,25-/m0/s1. The molecule has 0 unspecified atom stereocenters. The molecule has 6 heteroatoms. The third-order valence-corrected chi connectivity index (χ3v) is 5.69. The number of rotatable bonds is 6. The minimum atomic E-state index is -0.358. The number of para-hydroxylation sites is 1. The quantitative estimate of drug-likeness (QED) is 0.522. The van der Waals surface area contributed by atoms with Crippen LogP contribution in [-0.4, -0.2) is 24.5 Å². The number of nitrogens with one attached hydrogen (secondary N) is 1. The van der Waals surface area contributed by atoms with Crippen LogP contribution < -0.4 is 14.8 Å². The Kier molecular flexibility index (Phi) is 6.44. The zero-order valence-electron chi connectivity index (χ0n) is 17.5. The molecule has 0 bridgehead atoms. The van der Waals surface area contributed by atoms with Gasteiger partial charge in [0, 0.05) is 34.3 Å². The fourth-order valence-electron chi connectivity index (χ4n) is 3.83. The van der Waals surface area contributed by atoms with Gasteiger partial charge in [-0.25, -0.2) is 0 Å². The topological polar surface area (TPSA) is 63.1 Å². The van der Waals surface area contributed by atoms with Gasteiger partial charge in [0.25, 0.3) is 0 Å².